The zero-order chi connectivity index (χ0) is 15.5. The molecular weight excluding hydrogens is 294 g/mol. The maximum atomic E-state index is 10.1. The molecule has 0 radical (unpaired) electrons. The molecule has 110 valence electrons. The number of aromatic nitrogens is 1. The predicted octanol–water partition coefficient (Wildman–Crippen LogP) is 3.62. The number of aryl methyl sites for hydroxylation is 1. The number of benzene rings is 1. The first-order valence-electron chi connectivity index (χ1n) is 6.95. The second kappa shape index (κ2) is 6.14. The Hall–Kier alpha value is -2.42. The number of rotatable bonds is 4. The number of nitrogens with one attached hydrogen (secondary N) is 1. The lowest BCUT2D eigenvalue weighted by atomic mass is 10.1. The molecular formula is C17H15N3OS. The van der Waals surface area contributed by atoms with Gasteiger partial charge in [0, 0.05) is 23.1 Å². The molecule has 0 spiro atoms. The van der Waals surface area contributed by atoms with Gasteiger partial charge in [-0.2, -0.15) is 5.26 Å². The molecule has 0 fully saturated rings. The highest BCUT2D eigenvalue weighted by molar-refractivity contribution is 7.19. The second-order valence-corrected chi connectivity index (χ2v) is 6.08. The first-order chi connectivity index (χ1) is 10.7. The standard InChI is InChI=1S/C17H15N3OS/c1-11-13-8-12(5-6-16(13)22-17(11)9-18)20-10-15(21)14-4-2-3-7-19-14/h2-8,15,20-21H,10H2,1H3. The fraction of sp³-hybridized carbons (Fsp3) is 0.176. The molecule has 4 nitrogen and oxygen atoms in total. The molecule has 0 aliphatic heterocycles. The summed E-state index contributed by atoms with van der Waals surface area (Å²) < 4.78 is 1.10. The van der Waals surface area contributed by atoms with Gasteiger partial charge in [0.25, 0.3) is 0 Å². The molecule has 1 aromatic carbocycles. The molecule has 0 bridgehead atoms. The van der Waals surface area contributed by atoms with E-state index < -0.39 is 6.10 Å². The number of aliphatic hydroxyl groups excluding tert-OH is 1. The van der Waals surface area contributed by atoms with E-state index in [9.17, 15) is 5.11 Å². The lowest BCUT2D eigenvalue weighted by Crippen LogP contribution is -2.13. The normalized spacial score (nSPS) is 12.0. The minimum absolute atomic E-state index is 0.386. The third kappa shape index (κ3) is 2.80. The van der Waals surface area contributed by atoms with Crippen LogP contribution in [0.4, 0.5) is 5.69 Å². The van der Waals surface area contributed by atoms with Crippen LogP contribution in [0, 0.1) is 18.3 Å². The lowest BCUT2D eigenvalue weighted by molar-refractivity contribution is 0.187. The third-order valence-electron chi connectivity index (χ3n) is 3.57. The summed E-state index contributed by atoms with van der Waals surface area (Å²) in [6.07, 6.45) is 1.01. The van der Waals surface area contributed by atoms with Gasteiger partial charge in [0.1, 0.15) is 17.1 Å². The molecule has 0 saturated carbocycles. The topological polar surface area (TPSA) is 68.9 Å². The zero-order valence-corrected chi connectivity index (χ0v) is 12.9. The second-order valence-electron chi connectivity index (χ2n) is 5.03. The van der Waals surface area contributed by atoms with E-state index in [0.29, 0.717) is 12.2 Å². The monoisotopic (exact) mass is 309 g/mol. The van der Waals surface area contributed by atoms with Crippen molar-refractivity contribution in [2.75, 3.05) is 11.9 Å². The fourth-order valence-electron chi connectivity index (χ4n) is 2.33. The molecule has 3 aromatic rings. The number of hydrogen-bond donors (Lipinski definition) is 2. The average molecular weight is 309 g/mol. The van der Waals surface area contributed by atoms with Gasteiger partial charge in [-0.05, 0) is 48.2 Å². The van der Waals surface area contributed by atoms with Crippen molar-refractivity contribution in [1.82, 2.24) is 4.98 Å². The smallest absolute Gasteiger partial charge is 0.113 e. The maximum absolute atomic E-state index is 10.1. The van der Waals surface area contributed by atoms with Crippen molar-refractivity contribution in [3.05, 3.63) is 58.7 Å². The van der Waals surface area contributed by atoms with E-state index in [1.165, 1.54) is 11.3 Å². The Bertz CT molecular complexity index is 836. The van der Waals surface area contributed by atoms with Gasteiger partial charge in [0.2, 0.25) is 0 Å². The largest absolute Gasteiger partial charge is 0.385 e. The van der Waals surface area contributed by atoms with Crippen LogP contribution in [-0.2, 0) is 0 Å². The first-order valence-corrected chi connectivity index (χ1v) is 7.77. The van der Waals surface area contributed by atoms with Crippen LogP contribution in [0.3, 0.4) is 0 Å². The minimum Gasteiger partial charge on any atom is -0.385 e. The van der Waals surface area contributed by atoms with Crippen molar-refractivity contribution < 1.29 is 5.11 Å². The third-order valence-corrected chi connectivity index (χ3v) is 4.74. The molecule has 5 heteroatoms. The fourth-order valence-corrected chi connectivity index (χ4v) is 3.32. The highest BCUT2D eigenvalue weighted by Crippen LogP contribution is 2.32. The summed E-state index contributed by atoms with van der Waals surface area (Å²) in [5.41, 5.74) is 2.58. The van der Waals surface area contributed by atoms with E-state index in [1.807, 2.05) is 37.3 Å². The molecule has 22 heavy (non-hydrogen) atoms. The predicted molar refractivity (Wildman–Crippen MR) is 89.0 cm³/mol. The van der Waals surface area contributed by atoms with Crippen molar-refractivity contribution in [3.63, 3.8) is 0 Å². The SMILES string of the molecule is Cc1c(C#N)sc2ccc(NCC(O)c3ccccn3)cc12. The van der Waals surface area contributed by atoms with E-state index in [4.69, 9.17) is 5.26 Å². The number of aliphatic hydroxyl groups is 1. The average Bonchev–Trinajstić information content (AvgIpc) is 2.89. The Labute approximate surface area is 132 Å². The maximum Gasteiger partial charge on any atom is 0.113 e. The van der Waals surface area contributed by atoms with Crippen molar-refractivity contribution >= 4 is 27.1 Å². The number of thiophene rings is 1. The molecule has 0 saturated heterocycles. The molecule has 1 unspecified atom stereocenters. The van der Waals surface area contributed by atoms with Gasteiger partial charge in [-0.3, -0.25) is 4.98 Å². The molecule has 3 rings (SSSR count). The first kappa shape index (κ1) is 14.5. The highest BCUT2D eigenvalue weighted by atomic mass is 32.1. The van der Waals surface area contributed by atoms with Gasteiger partial charge in [0.05, 0.1) is 5.69 Å². The summed E-state index contributed by atoms with van der Waals surface area (Å²) in [7, 11) is 0. The minimum atomic E-state index is -0.657. The number of pyridine rings is 1. The van der Waals surface area contributed by atoms with Crippen molar-refractivity contribution in [2.24, 2.45) is 0 Å². The van der Waals surface area contributed by atoms with Crippen LogP contribution in [-0.4, -0.2) is 16.6 Å². The molecule has 0 amide bonds. The van der Waals surface area contributed by atoms with Crippen LogP contribution < -0.4 is 5.32 Å². The van der Waals surface area contributed by atoms with Crippen LogP contribution in [0.1, 0.15) is 22.2 Å². The quantitative estimate of drug-likeness (QED) is 0.772. The van der Waals surface area contributed by atoms with Gasteiger partial charge < -0.3 is 10.4 Å². The Balaban J connectivity index is 1.77. The summed E-state index contributed by atoms with van der Waals surface area (Å²) in [6.45, 7) is 2.35. The Morgan fingerprint density at radius 2 is 2.23 bits per heavy atom. The number of nitrogens with zero attached hydrogens (tertiary/aromatic N) is 2. The van der Waals surface area contributed by atoms with Crippen molar-refractivity contribution in [3.8, 4) is 6.07 Å². The van der Waals surface area contributed by atoms with E-state index in [-0.39, 0.29) is 0 Å². The van der Waals surface area contributed by atoms with E-state index >= 15 is 0 Å². The summed E-state index contributed by atoms with van der Waals surface area (Å²) >= 11 is 1.51. The van der Waals surface area contributed by atoms with Crippen LogP contribution in [0.25, 0.3) is 10.1 Å². The zero-order valence-electron chi connectivity index (χ0n) is 12.1. The van der Waals surface area contributed by atoms with Gasteiger partial charge in [-0.1, -0.05) is 6.07 Å². The number of fused-ring (bicyclic) bond motifs is 1. The Kier molecular flexibility index (Phi) is 4.05. The van der Waals surface area contributed by atoms with Crippen LogP contribution in [0.15, 0.2) is 42.6 Å². The van der Waals surface area contributed by atoms with Crippen molar-refractivity contribution in [1.29, 1.82) is 5.26 Å². The molecule has 1 atom stereocenters. The highest BCUT2D eigenvalue weighted by Gasteiger charge is 2.10. The van der Waals surface area contributed by atoms with Gasteiger partial charge >= 0.3 is 0 Å². The number of anilines is 1. The summed E-state index contributed by atoms with van der Waals surface area (Å²) in [5, 5.41) is 23.5. The molecule has 0 aliphatic carbocycles. The van der Waals surface area contributed by atoms with Gasteiger partial charge in [0.15, 0.2) is 0 Å². The number of nitriles is 1. The molecule has 2 heterocycles. The van der Waals surface area contributed by atoms with Crippen LogP contribution in [0.5, 0.6) is 0 Å². The number of hydrogen-bond acceptors (Lipinski definition) is 5. The Morgan fingerprint density at radius 3 is 2.95 bits per heavy atom. The molecule has 2 N–H and O–H groups in total. The lowest BCUT2D eigenvalue weighted by Gasteiger charge is -2.12. The van der Waals surface area contributed by atoms with Crippen molar-refractivity contribution in [2.45, 2.75) is 13.0 Å². The summed E-state index contributed by atoms with van der Waals surface area (Å²) in [4.78, 5) is 4.90. The molecule has 0 aliphatic rings. The van der Waals surface area contributed by atoms with E-state index in [0.717, 1.165) is 26.2 Å². The van der Waals surface area contributed by atoms with Crippen LogP contribution >= 0.6 is 11.3 Å². The van der Waals surface area contributed by atoms with E-state index in [2.05, 4.69) is 16.4 Å². The molecule has 2 aromatic heterocycles. The van der Waals surface area contributed by atoms with Gasteiger partial charge in [-0.15, -0.1) is 11.3 Å². The van der Waals surface area contributed by atoms with Gasteiger partial charge in [-0.25, -0.2) is 0 Å². The van der Waals surface area contributed by atoms with Crippen LogP contribution in [0.2, 0.25) is 0 Å². The summed E-state index contributed by atoms with van der Waals surface area (Å²) in [5.74, 6) is 0. The summed E-state index contributed by atoms with van der Waals surface area (Å²) in [6, 6.07) is 13.7. The van der Waals surface area contributed by atoms with E-state index in [1.54, 1.807) is 12.3 Å². The Morgan fingerprint density at radius 1 is 1.36 bits per heavy atom.